The van der Waals surface area contributed by atoms with Crippen molar-refractivity contribution in [2.24, 2.45) is 5.92 Å². The SMILES string of the molecule is O=C1NCCN(CC2CCCCC2)C1CC(=O)N1CCCCCCC1. The standard InChI is InChI=1S/C20H35N3O2/c24-19(22-12-7-2-1-3-8-13-22)15-18-20(25)21-11-14-23(18)16-17-9-5-4-6-10-17/h17-18H,1-16H2,(H,21,25). The predicted molar refractivity (Wildman–Crippen MR) is 99.2 cm³/mol. The largest absolute Gasteiger partial charge is 0.353 e. The molecular formula is C20H35N3O2. The van der Waals surface area contributed by atoms with E-state index in [9.17, 15) is 9.59 Å². The molecule has 0 aromatic heterocycles. The molecular weight excluding hydrogens is 314 g/mol. The van der Waals surface area contributed by atoms with Crippen LogP contribution in [-0.4, -0.2) is 60.4 Å². The minimum absolute atomic E-state index is 0.0578. The molecule has 1 atom stereocenters. The first-order valence-electron chi connectivity index (χ1n) is 10.5. The fraction of sp³-hybridized carbons (Fsp3) is 0.900. The van der Waals surface area contributed by atoms with Crippen molar-refractivity contribution in [1.29, 1.82) is 0 Å². The first-order valence-corrected chi connectivity index (χ1v) is 10.5. The van der Waals surface area contributed by atoms with Gasteiger partial charge in [0, 0.05) is 32.7 Å². The van der Waals surface area contributed by atoms with Gasteiger partial charge in [0.1, 0.15) is 0 Å². The van der Waals surface area contributed by atoms with Gasteiger partial charge in [-0.25, -0.2) is 0 Å². The van der Waals surface area contributed by atoms with Crippen LogP contribution in [0.5, 0.6) is 0 Å². The van der Waals surface area contributed by atoms with Crippen LogP contribution in [0.15, 0.2) is 0 Å². The second-order valence-electron chi connectivity index (χ2n) is 8.16. The summed E-state index contributed by atoms with van der Waals surface area (Å²) in [7, 11) is 0. The molecule has 5 nitrogen and oxygen atoms in total. The Labute approximate surface area is 152 Å². The lowest BCUT2D eigenvalue weighted by Gasteiger charge is -2.38. The van der Waals surface area contributed by atoms with Crippen LogP contribution >= 0.6 is 0 Å². The topological polar surface area (TPSA) is 52.7 Å². The summed E-state index contributed by atoms with van der Waals surface area (Å²) < 4.78 is 0. The third kappa shape index (κ3) is 5.44. The van der Waals surface area contributed by atoms with Crippen LogP contribution in [0.3, 0.4) is 0 Å². The van der Waals surface area contributed by atoms with Crippen LogP contribution in [0.2, 0.25) is 0 Å². The first-order chi connectivity index (χ1) is 12.2. The molecule has 2 aliphatic heterocycles. The average molecular weight is 350 g/mol. The molecule has 0 spiro atoms. The molecule has 1 unspecified atom stereocenters. The van der Waals surface area contributed by atoms with Crippen LogP contribution in [0.4, 0.5) is 0 Å². The average Bonchev–Trinajstić information content (AvgIpc) is 2.58. The minimum Gasteiger partial charge on any atom is -0.353 e. The lowest BCUT2D eigenvalue weighted by atomic mass is 9.88. The molecule has 2 heterocycles. The summed E-state index contributed by atoms with van der Waals surface area (Å²) in [6.45, 7) is 4.34. The third-order valence-electron chi connectivity index (χ3n) is 6.24. The number of likely N-dealkylation sites (tertiary alicyclic amines) is 1. The quantitative estimate of drug-likeness (QED) is 0.849. The van der Waals surface area contributed by atoms with E-state index in [2.05, 4.69) is 10.2 Å². The van der Waals surface area contributed by atoms with Crippen molar-refractivity contribution in [1.82, 2.24) is 15.1 Å². The molecule has 0 aromatic rings. The van der Waals surface area contributed by atoms with Gasteiger partial charge in [0.2, 0.25) is 11.8 Å². The maximum atomic E-state index is 12.8. The lowest BCUT2D eigenvalue weighted by Crippen LogP contribution is -2.57. The van der Waals surface area contributed by atoms with Crippen molar-refractivity contribution < 1.29 is 9.59 Å². The van der Waals surface area contributed by atoms with E-state index in [0.717, 1.165) is 45.6 Å². The Bertz CT molecular complexity index is 440. The molecule has 1 N–H and O–H groups in total. The van der Waals surface area contributed by atoms with Crippen LogP contribution < -0.4 is 5.32 Å². The fourth-order valence-electron chi connectivity index (χ4n) is 4.70. The van der Waals surface area contributed by atoms with Gasteiger partial charge < -0.3 is 10.2 Å². The number of nitrogens with zero attached hydrogens (tertiary/aromatic N) is 2. The molecule has 3 fully saturated rings. The number of hydrogen-bond donors (Lipinski definition) is 1. The van der Waals surface area contributed by atoms with Gasteiger partial charge in [-0.2, -0.15) is 0 Å². The number of nitrogens with one attached hydrogen (secondary N) is 1. The van der Waals surface area contributed by atoms with E-state index in [1.54, 1.807) is 0 Å². The lowest BCUT2D eigenvalue weighted by molar-refractivity contribution is -0.139. The van der Waals surface area contributed by atoms with E-state index < -0.39 is 0 Å². The highest BCUT2D eigenvalue weighted by Gasteiger charge is 2.34. The van der Waals surface area contributed by atoms with Gasteiger partial charge in [-0.1, -0.05) is 38.5 Å². The van der Waals surface area contributed by atoms with E-state index in [4.69, 9.17) is 0 Å². The highest BCUT2D eigenvalue weighted by Crippen LogP contribution is 2.26. The maximum Gasteiger partial charge on any atom is 0.237 e. The molecule has 25 heavy (non-hydrogen) atoms. The highest BCUT2D eigenvalue weighted by atomic mass is 16.2. The van der Waals surface area contributed by atoms with Crippen molar-refractivity contribution in [3.8, 4) is 0 Å². The van der Waals surface area contributed by atoms with Gasteiger partial charge in [-0.3, -0.25) is 14.5 Å². The molecule has 1 aliphatic carbocycles. The monoisotopic (exact) mass is 349 g/mol. The number of hydrogen-bond acceptors (Lipinski definition) is 3. The van der Waals surface area contributed by atoms with E-state index in [0.29, 0.717) is 12.3 Å². The number of carbonyl (C=O) groups is 2. The van der Waals surface area contributed by atoms with Crippen molar-refractivity contribution in [2.45, 2.75) is 76.7 Å². The van der Waals surface area contributed by atoms with E-state index in [1.165, 1.54) is 51.4 Å². The molecule has 3 rings (SSSR count). The summed E-state index contributed by atoms with van der Waals surface area (Å²) in [6, 6.07) is -0.256. The summed E-state index contributed by atoms with van der Waals surface area (Å²) in [4.78, 5) is 29.6. The number of piperazine rings is 1. The van der Waals surface area contributed by atoms with E-state index in [1.807, 2.05) is 4.90 Å². The van der Waals surface area contributed by atoms with Crippen molar-refractivity contribution in [3.05, 3.63) is 0 Å². The van der Waals surface area contributed by atoms with Gasteiger partial charge >= 0.3 is 0 Å². The van der Waals surface area contributed by atoms with Gasteiger partial charge in [0.15, 0.2) is 0 Å². The number of rotatable bonds is 4. The Kier molecular flexibility index (Phi) is 7.14. The predicted octanol–water partition coefficient (Wildman–Crippen LogP) is 2.55. The van der Waals surface area contributed by atoms with E-state index >= 15 is 0 Å². The Morgan fingerprint density at radius 1 is 0.920 bits per heavy atom. The zero-order chi connectivity index (χ0) is 17.5. The Morgan fingerprint density at radius 2 is 1.56 bits per heavy atom. The van der Waals surface area contributed by atoms with Gasteiger partial charge in [-0.15, -0.1) is 0 Å². The van der Waals surface area contributed by atoms with Crippen LogP contribution in [0.25, 0.3) is 0 Å². The molecule has 2 saturated heterocycles. The summed E-state index contributed by atoms with van der Waals surface area (Å²) in [5, 5.41) is 2.98. The smallest absolute Gasteiger partial charge is 0.237 e. The van der Waals surface area contributed by atoms with E-state index in [-0.39, 0.29) is 17.9 Å². The number of amides is 2. The molecule has 142 valence electrons. The zero-order valence-corrected chi connectivity index (χ0v) is 15.7. The second kappa shape index (κ2) is 9.56. The summed E-state index contributed by atoms with van der Waals surface area (Å²) >= 11 is 0. The molecule has 3 aliphatic rings. The Hall–Kier alpha value is -1.10. The number of carbonyl (C=O) groups excluding carboxylic acids is 2. The Morgan fingerprint density at radius 3 is 2.28 bits per heavy atom. The molecule has 5 heteroatoms. The summed E-state index contributed by atoms with van der Waals surface area (Å²) in [5.74, 6) is 0.944. The molecule has 0 radical (unpaired) electrons. The summed E-state index contributed by atoms with van der Waals surface area (Å²) in [5.41, 5.74) is 0. The molecule has 0 bridgehead atoms. The normalized spacial score (nSPS) is 27.4. The van der Waals surface area contributed by atoms with Crippen molar-refractivity contribution >= 4 is 11.8 Å². The summed E-state index contributed by atoms with van der Waals surface area (Å²) in [6.07, 6.45) is 12.9. The minimum atomic E-state index is -0.256. The van der Waals surface area contributed by atoms with Crippen LogP contribution in [0, 0.1) is 5.92 Å². The van der Waals surface area contributed by atoms with Crippen LogP contribution in [-0.2, 0) is 9.59 Å². The van der Waals surface area contributed by atoms with Gasteiger partial charge in [-0.05, 0) is 31.6 Å². The first kappa shape index (κ1) is 18.7. The highest BCUT2D eigenvalue weighted by molar-refractivity contribution is 5.88. The van der Waals surface area contributed by atoms with Gasteiger partial charge in [0.25, 0.3) is 0 Å². The fourth-order valence-corrected chi connectivity index (χ4v) is 4.70. The molecule has 2 amide bonds. The van der Waals surface area contributed by atoms with Crippen molar-refractivity contribution in [2.75, 3.05) is 32.7 Å². The maximum absolute atomic E-state index is 12.8. The molecule has 1 saturated carbocycles. The Balaban J connectivity index is 1.57. The van der Waals surface area contributed by atoms with Gasteiger partial charge in [0.05, 0.1) is 12.5 Å². The molecule has 0 aromatic carbocycles. The second-order valence-corrected chi connectivity index (χ2v) is 8.16. The third-order valence-corrected chi connectivity index (χ3v) is 6.24. The zero-order valence-electron chi connectivity index (χ0n) is 15.7. The van der Waals surface area contributed by atoms with Crippen molar-refractivity contribution in [3.63, 3.8) is 0 Å². The van der Waals surface area contributed by atoms with Crippen LogP contribution in [0.1, 0.15) is 70.6 Å².